The van der Waals surface area contributed by atoms with Crippen LogP contribution < -0.4 is 5.32 Å². The third-order valence-electron chi connectivity index (χ3n) is 2.69. The van der Waals surface area contributed by atoms with Crippen molar-refractivity contribution in [3.8, 4) is 0 Å². The standard InChI is InChI=1S/C12H19N5/c1-2-3-13-8-12-9-15-11-17(12)7-6-16-5-4-14-10-16/h4-5,9-11,13H,2-3,6-8H2,1H3. The maximum absolute atomic E-state index is 4.20. The van der Waals surface area contributed by atoms with E-state index in [0.717, 1.165) is 32.6 Å². The normalized spacial score (nSPS) is 10.9. The molecule has 0 radical (unpaired) electrons. The van der Waals surface area contributed by atoms with Gasteiger partial charge >= 0.3 is 0 Å². The molecule has 2 aromatic rings. The molecule has 2 rings (SSSR count). The van der Waals surface area contributed by atoms with Crippen molar-refractivity contribution in [2.75, 3.05) is 6.54 Å². The monoisotopic (exact) mass is 233 g/mol. The zero-order valence-electron chi connectivity index (χ0n) is 10.2. The van der Waals surface area contributed by atoms with Crippen molar-refractivity contribution >= 4 is 0 Å². The Labute approximate surface area is 102 Å². The highest BCUT2D eigenvalue weighted by Crippen LogP contribution is 2.00. The van der Waals surface area contributed by atoms with Crippen molar-refractivity contribution in [1.82, 2.24) is 24.4 Å². The number of nitrogens with zero attached hydrogens (tertiary/aromatic N) is 4. The summed E-state index contributed by atoms with van der Waals surface area (Å²) in [5.74, 6) is 0. The van der Waals surface area contributed by atoms with Gasteiger partial charge in [-0.15, -0.1) is 0 Å². The summed E-state index contributed by atoms with van der Waals surface area (Å²) in [6.45, 7) is 5.96. The van der Waals surface area contributed by atoms with E-state index in [0.29, 0.717) is 0 Å². The van der Waals surface area contributed by atoms with E-state index < -0.39 is 0 Å². The van der Waals surface area contributed by atoms with Crippen molar-refractivity contribution in [1.29, 1.82) is 0 Å². The second kappa shape index (κ2) is 6.20. The average molecular weight is 233 g/mol. The summed E-state index contributed by atoms with van der Waals surface area (Å²) in [4.78, 5) is 8.23. The number of hydrogen-bond acceptors (Lipinski definition) is 3. The molecular weight excluding hydrogens is 214 g/mol. The van der Waals surface area contributed by atoms with Crippen LogP contribution in [0.4, 0.5) is 0 Å². The van der Waals surface area contributed by atoms with Gasteiger partial charge in [0.05, 0.1) is 18.3 Å². The van der Waals surface area contributed by atoms with Crippen molar-refractivity contribution in [2.45, 2.75) is 33.0 Å². The van der Waals surface area contributed by atoms with E-state index in [1.165, 1.54) is 5.69 Å². The molecule has 0 aliphatic heterocycles. The van der Waals surface area contributed by atoms with E-state index in [4.69, 9.17) is 0 Å². The van der Waals surface area contributed by atoms with Gasteiger partial charge in [-0.05, 0) is 13.0 Å². The van der Waals surface area contributed by atoms with Gasteiger partial charge in [0.15, 0.2) is 0 Å². The van der Waals surface area contributed by atoms with Crippen LogP contribution in [0.1, 0.15) is 19.0 Å². The van der Waals surface area contributed by atoms with Crippen LogP contribution >= 0.6 is 0 Å². The Morgan fingerprint density at radius 3 is 2.94 bits per heavy atom. The summed E-state index contributed by atoms with van der Waals surface area (Å²) in [6.07, 6.45) is 10.6. The zero-order chi connectivity index (χ0) is 11.9. The Bertz CT molecular complexity index is 418. The highest BCUT2D eigenvalue weighted by molar-refractivity contribution is 4.97. The molecule has 0 atom stereocenters. The fraction of sp³-hybridized carbons (Fsp3) is 0.500. The second-order valence-corrected chi connectivity index (χ2v) is 4.06. The minimum atomic E-state index is 0.887. The molecule has 0 spiro atoms. The molecule has 0 aliphatic carbocycles. The quantitative estimate of drug-likeness (QED) is 0.733. The predicted molar refractivity (Wildman–Crippen MR) is 66.5 cm³/mol. The summed E-state index contributed by atoms with van der Waals surface area (Å²) >= 11 is 0. The Kier molecular flexibility index (Phi) is 4.32. The van der Waals surface area contributed by atoms with Gasteiger partial charge in [0.1, 0.15) is 0 Å². The molecule has 0 saturated carbocycles. The summed E-state index contributed by atoms with van der Waals surface area (Å²) < 4.78 is 4.26. The van der Waals surface area contributed by atoms with Gasteiger partial charge in [-0.1, -0.05) is 6.92 Å². The lowest BCUT2D eigenvalue weighted by atomic mass is 10.4. The minimum Gasteiger partial charge on any atom is -0.336 e. The van der Waals surface area contributed by atoms with E-state index in [1.807, 2.05) is 25.0 Å². The number of hydrogen-bond donors (Lipinski definition) is 1. The van der Waals surface area contributed by atoms with Crippen LogP contribution in [0.3, 0.4) is 0 Å². The Balaban J connectivity index is 1.85. The molecule has 17 heavy (non-hydrogen) atoms. The molecular formula is C12H19N5. The second-order valence-electron chi connectivity index (χ2n) is 4.06. The maximum atomic E-state index is 4.20. The molecule has 5 nitrogen and oxygen atoms in total. The van der Waals surface area contributed by atoms with E-state index in [1.54, 1.807) is 6.20 Å². The third-order valence-corrected chi connectivity index (χ3v) is 2.69. The van der Waals surface area contributed by atoms with Gasteiger partial charge in [0.2, 0.25) is 0 Å². The van der Waals surface area contributed by atoms with Crippen molar-refractivity contribution in [3.63, 3.8) is 0 Å². The first-order valence-corrected chi connectivity index (χ1v) is 6.05. The third kappa shape index (κ3) is 3.42. The lowest BCUT2D eigenvalue weighted by molar-refractivity contribution is 0.546. The van der Waals surface area contributed by atoms with Gasteiger partial charge in [0.25, 0.3) is 0 Å². The molecule has 5 heteroatoms. The topological polar surface area (TPSA) is 47.7 Å². The molecule has 0 aliphatic rings. The van der Waals surface area contributed by atoms with Crippen LogP contribution in [0.25, 0.3) is 0 Å². The summed E-state index contributed by atoms with van der Waals surface area (Å²) in [5.41, 5.74) is 1.23. The van der Waals surface area contributed by atoms with Crippen molar-refractivity contribution in [2.24, 2.45) is 0 Å². The molecule has 0 amide bonds. The van der Waals surface area contributed by atoms with E-state index in [-0.39, 0.29) is 0 Å². The summed E-state index contributed by atoms with van der Waals surface area (Å²) in [7, 11) is 0. The van der Waals surface area contributed by atoms with Gasteiger partial charge in [-0.25, -0.2) is 9.97 Å². The predicted octanol–water partition coefficient (Wildman–Crippen LogP) is 1.28. The fourth-order valence-corrected chi connectivity index (χ4v) is 1.73. The fourth-order valence-electron chi connectivity index (χ4n) is 1.73. The summed E-state index contributed by atoms with van der Waals surface area (Å²) in [5, 5.41) is 3.39. The largest absolute Gasteiger partial charge is 0.336 e. The van der Waals surface area contributed by atoms with Gasteiger partial charge in [-0.2, -0.15) is 0 Å². The SMILES string of the molecule is CCCNCc1cncn1CCn1ccnc1. The first kappa shape index (κ1) is 11.9. The molecule has 0 aromatic carbocycles. The van der Waals surface area contributed by atoms with Crippen molar-refractivity contribution < 1.29 is 0 Å². The first-order valence-electron chi connectivity index (χ1n) is 6.05. The van der Waals surface area contributed by atoms with Gasteiger partial charge < -0.3 is 14.5 Å². The number of aromatic nitrogens is 4. The maximum Gasteiger partial charge on any atom is 0.0949 e. The highest BCUT2D eigenvalue weighted by atomic mass is 15.1. The first-order chi connectivity index (χ1) is 8.40. The van der Waals surface area contributed by atoms with E-state index in [9.17, 15) is 0 Å². The van der Waals surface area contributed by atoms with Crippen LogP contribution in [0.5, 0.6) is 0 Å². The molecule has 0 saturated heterocycles. The highest BCUT2D eigenvalue weighted by Gasteiger charge is 2.01. The molecule has 1 N–H and O–H groups in total. The molecule has 0 unspecified atom stereocenters. The molecule has 2 heterocycles. The Hall–Kier alpha value is -1.62. The minimum absolute atomic E-state index is 0.887. The molecule has 0 fully saturated rings. The summed E-state index contributed by atoms with van der Waals surface area (Å²) in [6, 6.07) is 0. The van der Waals surface area contributed by atoms with Gasteiger partial charge in [0, 0.05) is 38.2 Å². The Morgan fingerprint density at radius 1 is 1.24 bits per heavy atom. The number of aryl methyl sites for hydroxylation is 2. The number of imidazole rings is 2. The van der Waals surface area contributed by atoms with E-state index in [2.05, 4.69) is 31.3 Å². The lowest BCUT2D eigenvalue weighted by Gasteiger charge is -2.09. The average Bonchev–Trinajstić information content (AvgIpc) is 2.97. The van der Waals surface area contributed by atoms with Crippen LogP contribution in [-0.4, -0.2) is 25.6 Å². The van der Waals surface area contributed by atoms with Crippen LogP contribution in [-0.2, 0) is 19.6 Å². The Morgan fingerprint density at radius 2 is 2.18 bits per heavy atom. The van der Waals surface area contributed by atoms with Crippen LogP contribution in [0.15, 0.2) is 31.2 Å². The van der Waals surface area contributed by atoms with Crippen LogP contribution in [0.2, 0.25) is 0 Å². The van der Waals surface area contributed by atoms with Crippen molar-refractivity contribution in [3.05, 3.63) is 36.9 Å². The smallest absolute Gasteiger partial charge is 0.0949 e. The van der Waals surface area contributed by atoms with Gasteiger partial charge in [-0.3, -0.25) is 0 Å². The number of nitrogens with one attached hydrogen (secondary N) is 1. The molecule has 2 aromatic heterocycles. The van der Waals surface area contributed by atoms with Crippen LogP contribution in [0, 0.1) is 0 Å². The number of rotatable bonds is 7. The molecule has 92 valence electrons. The molecule has 0 bridgehead atoms. The lowest BCUT2D eigenvalue weighted by Crippen LogP contribution is -2.17. The van der Waals surface area contributed by atoms with E-state index >= 15 is 0 Å². The zero-order valence-corrected chi connectivity index (χ0v) is 10.2.